The van der Waals surface area contributed by atoms with Crippen molar-refractivity contribution in [3.05, 3.63) is 15.0 Å². The van der Waals surface area contributed by atoms with Gasteiger partial charge in [0, 0.05) is 6.54 Å². The molecule has 1 aromatic heterocycles. The first-order valence-electron chi connectivity index (χ1n) is 4.97. The second-order valence-electron chi connectivity index (χ2n) is 4.35. The van der Waals surface area contributed by atoms with Crippen molar-refractivity contribution < 1.29 is 4.79 Å². The minimum Gasteiger partial charge on any atom is -0.369 e. The van der Waals surface area contributed by atoms with Crippen LogP contribution in [0.3, 0.4) is 0 Å². The molecule has 1 amide bonds. The highest BCUT2D eigenvalue weighted by Crippen LogP contribution is 2.24. The Bertz CT molecular complexity index is 378. The van der Waals surface area contributed by atoms with Gasteiger partial charge in [0.1, 0.15) is 5.01 Å². The summed E-state index contributed by atoms with van der Waals surface area (Å²) in [5.74, 6) is -0.299. The highest BCUT2D eigenvalue weighted by atomic mass is 79.9. The van der Waals surface area contributed by atoms with Crippen LogP contribution in [-0.4, -0.2) is 17.4 Å². The van der Waals surface area contributed by atoms with Gasteiger partial charge in [0.2, 0.25) is 5.91 Å². The summed E-state index contributed by atoms with van der Waals surface area (Å²) >= 11 is 4.95. The summed E-state index contributed by atoms with van der Waals surface area (Å²) in [4.78, 5) is 15.4. The summed E-state index contributed by atoms with van der Waals surface area (Å²) in [6, 6.07) is 0.120. The third-order valence-corrected chi connectivity index (χ3v) is 4.04. The molecule has 0 bridgehead atoms. The number of hydrogen-bond donors (Lipinski definition) is 2. The van der Waals surface area contributed by atoms with Gasteiger partial charge in [-0.25, -0.2) is 4.98 Å². The molecular formula is C10H16BrN3OS. The quantitative estimate of drug-likeness (QED) is 0.875. The smallest absolute Gasteiger partial charge is 0.224 e. The molecule has 6 heteroatoms. The van der Waals surface area contributed by atoms with Gasteiger partial charge >= 0.3 is 0 Å². The van der Waals surface area contributed by atoms with E-state index in [-0.39, 0.29) is 11.9 Å². The molecule has 3 N–H and O–H groups in total. The highest BCUT2D eigenvalue weighted by molar-refractivity contribution is 9.11. The standard InChI is InChI=1S/C10H16BrN3OS/c1-6(8-13-4-7(11)16-8)14-5-10(2,3)9(12)15/h4,6,14H,5H2,1-3H3,(H2,12,15). The van der Waals surface area contributed by atoms with E-state index in [9.17, 15) is 4.79 Å². The lowest BCUT2D eigenvalue weighted by Gasteiger charge is -2.23. The van der Waals surface area contributed by atoms with Crippen molar-refractivity contribution >= 4 is 33.2 Å². The molecule has 1 aromatic rings. The van der Waals surface area contributed by atoms with E-state index in [4.69, 9.17) is 5.73 Å². The Balaban J connectivity index is 2.53. The van der Waals surface area contributed by atoms with E-state index in [1.54, 1.807) is 17.5 Å². The molecule has 4 nitrogen and oxygen atoms in total. The maximum Gasteiger partial charge on any atom is 0.224 e. The minimum absolute atomic E-state index is 0.120. The van der Waals surface area contributed by atoms with Crippen molar-refractivity contribution in [2.45, 2.75) is 26.8 Å². The Hall–Kier alpha value is -0.460. The third kappa shape index (κ3) is 3.54. The first-order chi connectivity index (χ1) is 7.33. The van der Waals surface area contributed by atoms with Crippen LogP contribution < -0.4 is 11.1 Å². The Morgan fingerprint density at radius 3 is 2.81 bits per heavy atom. The van der Waals surface area contributed by atoms with Crippen LogP contribution in [0.15, 0.2) is 9.98 Å². The Labute approximate surface area is 108 Å². The number of nitrogens with zero attached hydrogens (tertiary/aromatic N) is 1. The molecule has 0 aliphatic heterocycles. The lowest BCUT2D eigenvalue weighted by atomic mass is 9.92. The largest absolute Gasteiger partial charge is 0.369 e. The van der Waals surface area contributed by atoms with E-state index in [0.717, 1.165) is 8.79 Å². The normalized spacial score (nSPS) is 13.8. The van der Waals surface area contributed by atoms with Crippen molar-refractivity contribution in [2.75, 3.05) is 6.54 Å². The number of carbonyl (C=O) groups is 1. The highest BCUT2D eigenvalue weighted by Gasteiger charge is 2.25. The van der Waals surface area contributed by atoms with E-state index in [0.29, 0.717) is 6.54 Å². The maximum absolute atomic E-state index is 11.1. The SMILES string of the molecule is CC(NCC(C)(C)C(N)=O)c1ncc(Br)s1. The summed E-state index contributed by atoms with van der Waals surface area (Å²) < 4.78 is 1.00. The van der Waals surface area contributed by atoms with Crippen LogP contribution in [0.5, 0.6) is 0 Å². The van der Waals surface area contributed by atoms with Crippen LogP contribution >= 0.6 is 27.3 Å². The Morgan fingerprint density at radius 2 is 2.38 bits per heavy atom. The van der Waals surface area contributed by atoms with Crippen molar-refractivity contribution in [3.63, 3.8) is 0 Å². The molecule has 1 rings (SSSR count). The molecule has 16 heavy (non-hydrogen) atoms. The van der Waals surface area contributed by atoms with Gasteiger partial charge in [0.05, 0.1) is 21.4 Å². The average molecular weight is 306 g/mol. The maximum atomic E-state index is 11.1. The first-order valence-corrected chi connectivity index (χ1v) is 6.58. The fourth-order valence-corrected chi connectivity index (χ4v) is 2.32. The lowest BCUT2D eigenvalue weighted by molar-refractivity contribution is -0.125. The van der Waals surface area contributed by atoms with E-state index >= 15 is 0 Å². The second kappa shape index (κ2) is 5.25. The Kier molecular flexibility index (Phi) is 4.46. The second-order valence-corrected chi connectivity index (χ2v) is 6.79. The molecule has 0 fully saturated rings. The molecule has 0 aromatic carbocycles. The number of rotatable bonds is 5. The molecule has 0 radical (unpaired) electrons. The van der Waals surface area contributed by atoms with Crippen LogP contribution in [0.25, 0.3) is 0 Å². The number of halogens is 1. The lowest BCUT2D eigenvalue weighted by Crippen LogP contribution is -2.41. The molecule has 0 aliphatic carbocycles. The molecule has 1 atom stereocenters. The first kappa shape index (κ1) is 13.6. The molecule has 90 valence electrons. The predicted molar refractivity (Wildman–Crippen MR) is 69.2 cm³/mol. The van der Waals surface area contributed by atoms with Crippen molar-refractivity contribution in [1.29, 1.82) is 0 Å². The molecular weight excluding hydrogens is 290 g/mol. The van der Waals surface area contributed by atoms with Crippen LogP contribution in [-0.2, 0) is 4.79 Å². The van der Waals surface area contributed by atoms with Gasteiger partial charge in [-0.15, -0.1) is 11.3 Å². The number of primary amides is 1. The van der Waals surface area contributed by atoms with Crippen molar-refractivity contribution in [3.8, 4) is 0 Å². The van der Waals surface area contributed by atoms with Crippen LogP contribution in [0, 0.1) is 5.41 Å². The number of thiazole rings is 1. The predicted octanol–water partition coefficient (Wildman–Crippen LogP) is 2.07. The zero-order valence-electron chi connectivity index (χ0n) is 9.58. The number of amides is 1. The van der Waals surface area contributed by atoms with Crippen molar-refractivity contribution in [1.82, 2.24) is 10.3 Å². The zero-order valence-corrected chi connectivity index (χ0v) is 12.0. The van der Waals surface area contributed by atoms with Crippen LogP contribution in [0.2, 0.25) is 0 Å². The Morgan fingerprint density at radius 1 is 1.75 bits per heavy atom. The molecule has 0 spiro atoms. The average Bonchev–Trinajstić information content (AvgIpc) is 2.61. The minimum atomic E-state index is -0.539. The third-order valence-electron chi connectivity index (χ3n) is 2.38. The van der Waals surface area contributed by atoms with Gasteiger partial charge in [0.25, 0.3) is 0 Å². The van der Waals surface area contributed by atoms with Gasteiger partial charge in [-0.3, -0.25) is 4.79 Å². The van der Waals surface area contributed by atoms with Gasteiger partial charge in [-0.05, 0) is 36.7 Å². The van der Waals surface area contributed by atoms with E-state index in [1.165, 1.54) is 0 Å². The molecule has 0 aliphatic rings. The number of carbonyl (C=O) groups excluding carboxylic acids is 1. The van der Waals surface area contributed by atoms with E-state index in [1.807, 2.05) is 20.8 Å². The van der Waals surface area contributed by atoms with Crippen molar-refractivity contribution in [2.24, 2.45) is 11.1 Å². The monoisotopic (exact) mass is 305 g/mol. The van der Waals surface area contributed by atoms with Gasteiger partial charge in [0.15, 0.2) is 0 Å². The van der Waals surface area contributed by atoms with Crippen LogP contribution in [0.1, 0.15) is 31.8 Å². The zero-order chi connectivity index (χ0) is 12.3. The van der Waals surface area contributed by atoms with Gasteiger partial charge in [-0.1, -0.05) is 0 Å². The topological polar surface area (TPSA) is 68.0 Å². The summed E-state index contributed by atoms with van der Waals surface area (Å²) in [6.45, 7) is 6.21. The number of aromatic nitrogens is 1. The summed E-state index contributed by atoms with van der Waals surface area (Å²) in [6.07, 6.45) is 1.78. The number of nitrogens with two attached hydrogens (primary N) is 1. The van der Waals surface area contributed by atoms with Crippen LogP contribution in [0.4, 0.5) is 0 Å². The molecule has 0 saturated carbocycles. The molecule has 0 saturated heterocycles. The number of nitrogens with one attached hydrogen (secondary N) is 1. The summed E-state index contributed by atoms with van der Waals surface area (Å²) in [5, 5.41) is 4.25. The fourth-order valence-electron chi connectivity index (χ4n) is 1.05. The number of hydrogen-bond acceptors (Lipinski definition) is 4. The van der Waals surface area contributed by atoms with Gasteiger partial charge < -0.3 is 11.1 Å². The molecule has 1 unspecified atom stereocenters. The summed E-state index contributed by atoms with van der Waals surface area (Å²) in [5.41, 5.74) is 4.76. The summed E-state index contributed by atoms with van der Waals surface area (Å²) in [7, 11) is 0. The molecule has 1 heterocycles. The van der Waals surface area contributed by atoms with Gasteiger partial charge in [-0.2, -0.15) is 0 Å². The van der Waals surface area contributed by atoms with E-state index < -0.39 is 5.41 Å². The van der Waals surface area contributed by atoms with E-state index in [2.05, 4.69) is 26.2 Å². The fraction of sp³-hybridized carbons (Fsp3) is 0.600.